The largest absolute Gasteiger partial charge is 0.384 e. The van der Waals surface area contributed by atoms with Gasteiger partial charge in [-0.1, -0.05) is 18.2 Å². The first-order valence-corrected chi connectivity index (χ1v) is 9.26. The SMILES string of the molecule is COC[C@H]1CN(CC2CC2)C[C@@]12CCN(C(=O)c1ccccc1)C2. The van der Waals surface area contributed by atoms with Crippen LogP contribution in [0.25, 0.3) is 0 Å². The first kappa shape index (κ1) is 16.1. The highest BCUT2D eigenvalue weighted by molar-refractivity contribution is 5.94. The highest BCUT2D eigenvalue weighted by Gasteiger charge is 2.51. The smallest absolute Gasteiger partial charge is 0.253 e. The van der Waals surface area contributed by atoms with Crippen molar-refractivity contribution in [1.29, 1.82) is 0 Å². The number of carbonyl (C=O) groups excluding carboxylic acids is 1. The summed E-state index contributed by atoms with van der Waals surface area (Å²) in [5.41, 5.74) is 1.04. The zero-order valence-electron chi connectivity index (χ0n) is 14.6. The zero-order chi connectivity index (χ0) is 16.6. The Morgan fingerprint density at radius 1 is 1.25 bits per heavy atom. The summed E-state index contributed by atoms with van der Waals surface area (Å²) in [6, 6.07) is 9.70. The normalized spacial score (nSPS) is 30.4. The number of carbonyl (C=O) groups is 1. The molecule has 3 fully saturated rings. The molecule has 4 heteroatoms. The highest BCUT2D eigenvalue weighted by Crippen LogP contribution is 2.45. The Hall–Kier alpha value is -1.39. The Balaban J connectivity index is 1.46. The Labute approximate surface area is 144 Å². The number of ether oxygens (including phenoxy) is 1. The van der Waals surface area contributed by atoms with Crippen LogP contribution in [0.15, 0.2) is 30.3 Å². The van der Waals surface area contributed by atoms with Gasteiger partial charge in [0.25, 0.3) is 5.91 Å². The predicted octanol–water partition coefficient (Wildman–Crippen LogP) is 2.51. The van der Waals surface area contributed by atoms with Crippen LogP contribution >= 0.6 is 0 Å². The van der Waals surface area contributed by atoms with Crippen LogP contribution in [0.3, 0.4) is 0 Å². The van der Waals surface area contributed by atoms with Gasteiger partial charge in [-0.15, -0.1) is 0 Å². The second kappa shape index (κ2) is 6.49. The van der Waals surface area contributed by atoms with Crippen molar-refractivity contribution >= 4 is 5.91 Å². The van der Waals surface area contributed by atoms with E-state index in [1.54, 1.807) is 7.11 Å². The summed E-state index contributed by atoms with van der Waals surface area (Å²) in [6.07, 6.45) is 3.91. The van der Waals surface area contributed by atoms with Crippen LogP contribution in [0.2, 0.25) is 0 Å². The third-order valence-electron chi connectivity index (χ3n) is 6.16. The minimum absolute atomic E-state index is 0.185. The van der Waals surface area contributed by atoms with Crippen molar-refractivity contribution in [3.8, 4) is 0 Å². The average molecular weight is 328 g/mol. The molecule has 3 aliphatic rings. The van der Waals surface area contributed by atoms with Gasteiger partial charge in [0.15, 0.2) is 0 Å². The average Bonchev–Trinajstić information content (AvgIpc) is 3.22. The molecule has 4 rings (SSSR count). The molecule has 0 unspecified atom stereocenters. The van der Waals surface area contributed by atoms with Crippen LogP contribution in [0.1, 0.15) is 29.6 Å². The van der Waals surface area contributed by atoms with Gasteiger partial charge in [0.05, 0.1) is 6.61 Å². The van der Waals surface area contributed by atoms with Crippen LogP contribution in [-0.4, -0.2) is 62.1 Å². The van der Waals surface area contributed by atoms with Gasteiger partial charge in [0, 0.05) is 56.7 Å². The van der Waals surface area contributed by atoms with E-state index in [0.29, 0.717) is 5.92 Å². The lowest BCUT2D eigenvalue weighted by molar-refractivity contribution is 0.0716. The first-order valence-electron chi connectivity index (χ1n) is 9.26. The van der Waals surface area contributed by atoms with Gasteiger partial charge in [-0.2, -0.15) is 0 Å². The summed E-state index contributed by atoms with van der Waals surface area (Å²) in [5, 5.41) is 0. The zero-order valence-corrected chi connectivity index (χ0v) is 14.6. The molecule has 24 heavy (non-hydrogen) atoms. The molecule has 0 aromatic heterocycles. The van der Waals surface area contributed by atoms with Gasteiger partial charge in [0.2, 0.25) is 0 Å². The topological polar surface area (TPSA) is 32.8 Å². The number of likely N-dealkylation sites (tertiary alicyclic amines) is 2. The summed E-state index contributed by atoms with van der Waals surface area (Å²) >= 11 is 0. The van der Waals surface area contributed by atoms with Crippen LogP contribution in [-0.2, 0) is 4.74 Å². The van der Waals surface area contributed by atoms with Crippen molar-refractivity contribution in [2.24, 2.45) is 17.3 Å². The molecule has 1 amide bonds. The number of amides is 1. The van der Waals surface area contributed by atoms with Crippen LogP contribution in [0.4, 0.5) is 0 Å². The molecule has 1 aliphatic carbocycles. The molecule has 0 N–H and O–H groups in total. The summed E-state index contributed by atoms with van der Waals surface area (Å²) in [5.74, 6) is 1.66. The molecule has 1 saturated carbocycles. The molecular weight excluding hydrogens is 300 g/mol. The van der Waals surface area contributed by atoms with Crippen molar-refractivity contribution in [2.75, 3.05) is 46.4 Å². The van der Waals surface area contributed by atoms with Gasteiger partial charge < -0.3 is 14.5 Å². The van der Waals surface area contributed by atoms with Gasteiger partial charge >= 0.3 is 0 Å². The lowest BCUT2D eigenvalue weighted by atomic mass is 9.77. The maximum Gasteiger partial charge on any atom is 0.253 e. The maximum atomic E-state index is 12.8. The number of rotatable bonds is 5. The lowest BCUT2D eigenvalue weighted by Gasteiger charge is -2.30. The van der Waals surface area contributed by atoms with Crippen molar-refractivity contribution in [3.05, 3.63) is 35.9 Å². The monoisotopic (exact) mass is 328 g/mol. The lowest BCUT2D eigenvalue weighted by Crippen LogP contribution is -2.38. The minimum atomic E-state index is 0.185. The second-order valence-corrected chi connectivity index (χ2v) is 7.99. The fourth-order valence-electron chi connectivity index (χ4n) is 4.67. The van der Waals surface area contributed by atoms with Gasteiger partial charge in [-0.3, -0.25) is 4.79 Å². The number of hydrogen-bond donors (Lipinski definition) is 0. The molecule has 0 bridgehead atoms. The molecule has 1 aromatic carbocycles. The van der Waals surface area contributed by atoms with Crippen molar-refractivity contribution in [3.63, 3.8) is 0 Å². The number of methoxy groups -OCH3 is 1. The summed E-state index contributed by atoms with van der Waals surface area (Å²) in [6.45, 7) is 6.10. The van der Waals surface area contributed by atoms with Gasteiger partial charge in [-0.25, -0.2) is 0 Å². The minimum Gasteiger partial charge on any atom is -0.384 e. The fourth-order valence-corrected chi connectivity index (χ4v) is 4.67. The Morgan fingerprint density at radius 3 is 2.75 bits per heavy atom. The summed E-state index contributed by atoms with van der Waals surface area (Å²) < 4.78 is 5.53. The number of nitrogens with zero attached hydrogens (tertiary/aromatic N) is 2. The van der Waals surface area contributed by atoms with E-state index in [0.717, 1.165) is 50.7 Å². The number of hydrogen-bond acceptors (Lipinski definition) is 3. The molecule has 4 nitrogen and oxygen atoms in total. The van der Waals surface area contributed by atoms with Gasteiger partial charge in [-0.05, 0) is 37.3 Å². The molecular formula is C20H28N2O2. The van der Waals surface area contributed by atoms with Crippen molar-refractivity contribution in [2.45, 2.75) is 19.3 Å². The molecule has 130 valence electrons. The van der Waals surface area contributed by atoms with Crippen molar-refractivity contribution in [1.82, 2.24) is 9.80 Å². The maximum absolute atomic E-state index is 12.8. The molecule has 2 aliphatic heterocycles. The molecule has 0 radical (unpaired) electrons. The quantitative estimate of drug-likeness (QED) is 0.832. The van der Waals surface area contributed by atoms with Crippen LogP contribution in [0.5, 0.6) is 0 Å². The second-order valence-electron chi connectivity index (χ2n) is 7.99. The standard InChI is InChI=1S/C20H28N2O2/c1-24-13-18-12-21(11-16-7-8-16)14-20(18)9-10-22(15-20)19(23)17-5-3-2-4-6-17/h2-6,16,18H,7-15H2,1H3/t18-,20-/m1/s1. The molecule has 1 aromatic rings. The van der Waals surface area contributed by atoms with E-state index in [9.17, 15) is 4.79 Å². The molecule has 2 heterocycles. The third-order valence-corrected chi connectivity index (χ3v) is 6.16. The van der Waals surface area contributed by atoms with E-state index in [-0.39, 0.29) is 11.3 Å². The van der Waals surface area contributed by atoms with E-state index in [2.05, 4.69) is 9.80 Å². The Morgan fingerprint density at radius 2 is 2.04 bits per heavy atom. The van der Waals surface area contributed by atoms with Crippen LogP contribution < -0.4 is 0 Å². The van der Waals surface area contributed by atoms with E-state index in [4.69, 9.17) is 4.74 Å². The summed E-state index contributed by atoms with van der Waals surface area (Å²) in [7, 11) is 1.80. The van der Waals surface area contributed by atoms with E-state index in [1.165, 1.54) is 19.4 Å². The predicted molar refractivity (Wildman–Crippen MR) is 93.9 cm³/mol. The first-order chi connectivity index (χ1) is 11.7. The molecule has 1 spiro atoms. The van der Waals surface area contributed by atoms with E-state index in [1.807, 2.05) is 30.3 Å². The highest BCUT2D eigenvalue weighted by atomic mass is 16.5. The van der Waals surface area contributed by atoms with Crippen LogP contribution in [0, 0.1) is 17.3 Å². The van der Waals surface area contributed by atoms with Gasteiger partial charge in [0.1, 0.15) is 0 Å². The van der Waals surface area contributed by atoms with E-state index < -0.39 is 0 Å². The Bertz CT molecular complexity index is 587. The third kappa shape index (κ3) is 3.09. The molecule has 2 saturated heterocycles. The molecule has 2 atom stereocenters. The fraction of sp³-hybridized carbons (Fsp3) is 0.650. The summed E-state index contributed by atoms with van der Waals surface area (Å²) in [4.78, 5) is 17.5. The number of benzene rings is 1. The Kier molecular flexibility index (Phi) is 4.35. The van der Waals surface area contributed by atoms with E-state index >= 15 is 0 Å². The van der Waals surface area contributed by atoms with Crippen molar-refractivity contribution < 1.29 is 9.53 Å².